The van der Waals surface area contributed by atoms with Gasteiger partial charge in [-0.05, 0) is 49.1 Å². The molecule has 7 heteroatoms. The number of hydrogen-bond acceptors (Lipinski definition) is 4. The van der Waals surface area contributed by atoms with Gasteiger partial charge in [-0.1, -0.05) is 30.3 Å². The first kappa shape index (κ1) is 21.5. The number of benzene rings is 2. The fraction of sp³-hybridized carbons (Fsp3) is 0.407. The van der Waals surface area contributed by atoms with Crippen molar-refractivity contribution in [1.29, 1.82) is 0 Å². The topological polar surface area (TPSA) is 50.6 Å². The zero-order valence-corrected chi connectivity index (χ0v) is 19.4. The van der Waals surface area contributed by atoms with Crippen molar-refractivity contribution in [3.8, 4) is 11.1 Å². The van der Waals surface area contributed by atoms with Gasteiger partial charge in [0.05, 0.1) is 24.8 Å². The molecule has 2 aromatic carbocycles. The molecule has 0 radical (unpaired) electrons. The summed E-state index contributed by atoms with van der Waals surface area (Å²) in [5, 5.41) is 4.17. The van der Waals surface area contributed by atoms with Crippen molar-refractivity contribution >= 4 is 11.6 Å². The number of aromatic nitrogens is 2. The first-order chi connectivity index (χ1) is 16.5. The molecule has 6 rings (SSSR count). The van der Waals surface area contributed by atoms with Crippen molar-refractivity contribution in [2.75, 3.05) is 31.2 Å². The van der Waals surface area contributed by atoms with Crippen molar-refractivity contribution in [3.05, 3.63) is 71.8 Å². The highest BCUT2D eigenvalue weighted by Crippen LogP contribution is 2.48. The maximum atomic E-state index is 15.2. The van der Waals surface area contributed by atoms with Crippen LogP contribution in [0.1, 0.15) is 30.4 Å². The molecule has 1 aromatic heterocycles. The number of hydrogen-bond donors (Lipinski definition) is 0. The van der Waals surface area contributed by atoms with Gasteiger partial charge in [0, 0.05) is 49.3 Å². The minimum absolute atomic E-state index is 0.0867. The Kier molecular flexibility index (Phi) is 5.26. The Morgan fingerprint density at radius 3 is 2.85 bits per heavy atom. The van der Waals surface area contributed by atoms with Gasteiger partial charge < -0.3 is 9.64 Å². The number of rotatable bonds is 4. The van der Waals surface area contributed by atoms with E-state index in [0.29, 0.717) is 18.2 Å². The van der Waals surface area contributed by atoms with Crippen LogP contribution in [0.2, 0.25) is 0 Å². The molecule has 2 atom stereocenters. The normalized spacial score (nSPS) is 24.8. The summed E-state index contributed by atoms with van der Waals surface area (Å²) in [6.45, 7) is 3.38. The molecule has 6 nitrogen and oxygen atoms in total. The average Bonchev–Trinajstić information content (AvgIpc) is 3.56. The minimum atomic E-state index is -0.555. The third-order valence-electron chi connectivity index (χ3n) is 7.74. The molecule has 1 spiro atoms. The van der Waals surface area contributed by atoms with Gasteiger partial charge >= 0.3 is 0 Å². The number of carbonyl (C=O) groups is 1. The van der Waals surface area contributed by atoms with Gasteiger partial charge in [0.25, 0.3) is 0 Å². The Labute approximate surface area is 198 Å². The van der Waals surface area contributed by atoms with E-state index in [-0.39, 0.29) is 18.3 Å². The lowest BCUT2D eigenvalue weighted by Gasteiger charge is -2.32. The second-order valence-electron chi connectivity index (χ2n) is 9.79. The lowest BCUT2D eigenvalue weighted by molar-refractivity contribution is -0.123. The largest absolute Gasteiger partial charge is 0.380 e. The summed E-state index contributed by atoms with van der Waals surface area (Å²) >= 11 is 0. The summed E-state index contributed by atoms with van der Waals surface area (Å²) in [5.74, 6) is -0.219. The Balaban J connectivity index is 1.28. The first-order valence-electron chi connectivity index (χ1n) is 12.1. The Morgan fingerprint density at radius 2 is 2.09 bits per heavy atom. The van der Waals surface area contributed by atoms with Crippen molar-refractivity contribution in [2.24, 2.45) is 7.05 Å². The highest BCUT2D eigenvalue weighted by molar-refractivity contribution is 6.08. The lowest BCUT2D eigenvalue weighted by Crippen LogP contribution is -2.45. The number of para-hydroxylation sites is 1. The number of carbonyl (C=O) groups excluding carboxylic acids is 1. The summed E-state index contributed by atoms with van der Waals surface area (Å²) in [4.78, 5) is 18.2. The average molecular weight is 461 g/mol. The molecular weight excluding hydrogens is 431 g/mol. The molecule has 3 aliphatic rings. The SMILES string of the molecule is Cn1cc(-c2ccc(CN3C(=O)C4(CCN(C5CCCOC5)C4)c4ccccc43)c(F)c2)cn1. The van der Waals surface area contributed by atoms with Crippen LogP contribution in [0.25, 0.3) is 11.1 Å². The number of halogens is 1. The molecule has 2 unspecified atom stereocenters. The summed E-state index contributed by atoms with van der Waals surface area (Å²) in [6.07, 6.45) is 6.56. The number of aryl methyl sites for hydroxylation is 1. The molecule has 34 heavy (non-hydrogen) atoms. The molecule has 1 amide bonds. The van der Waals surface area contributed by atoms with E-state index in [9.17, 15) is 4.79 Å². The molecule has 2 fully saturated rings. The molecular formula is C27H29FN4O2. The molecule has 4 heterocycles. The zero-order valence-electron chi connectivity index (χ0n) is 19.4. The van der Waals surface area contributed by atoms with E-state index in [0.717, 1.165) is 61.4 Å². The highest BCUT2D eigenvalue weighted by Gasteiger charge is 2.55. The maximum absolute atomic E-state index is 15.2. The maximum Gasteiger partial charge on any atom is 0.239 e. The van der Waals surface area contributed by atoms with E-state index in [2.05, 4.69) is 16.1 Å². The van der Waals surface area contributed by atoms with Gasteiger partial charge in [0.1, 0.15) is 5.82 Å². The molecule has 0 N–H and O–H groups in total. The lowest BCUT2D eigenvalue weighted by atomic mass is 9.81. The zero-order chi connectivity index (χ0) is 23.3. The minimum Gasteiger partial charge on any atom is -0.380 e. The van der Waals surface area contributed by atoms with Crippen LogP contribution in [0.4, 0.5) is 10.1 Å². The molecule has 3 aromatic rings. The number of amides is 1. The molecule has 176 valence electrons. The number of nitrogens with zero attached hydrogens (tertiary/aromatic N) is 4. The van der Waals surface area contributed by atoms with Crippen LogP contribution >= 0.6 is 0 Å². The van der Waals surface area contributed by atoms with Gasteiger partial charge in [-0.15, -0.1) is 0 Å². The van der Waals surface area contributed by atoms with Crippen LogP contribution in [0.5, 0.6) is 0 Å². The van der Waals surface area contributed by atoms with Gasteiger partial charge in [-0.2, -0.15) is 5.10 Å². The van der Waals surface area contributed by atoms with E-state index in [4.69, 9.17) is 4.74 Å². The summed E-state index contributed by atoms with van der Waals surface area (Å²) in [7, 11) is 1.84. The van der Waals surface area contributed by atoms with Gasteiger partial charge in [-0.3, -0.25) is 14.4 Å². The first-order valence-corrected chi connectivity index (χ1v) is 12.1. The van der Waals surface area contributed by atoms with Crippen LogP contribution in [0.15, 0.2) is 54.9 Å². The van der Waals surface area contributed by atoms with Crippen LogP contribution in [0.3, 0.4) is 0 Å². The molecule has 0 aliphatic carbocycles. The smallest absolute Gasteiger partial charge is 0.239 e. The van der Waals surface area contributed by atoms with Gasteiger partial charge in [-0.25, -0.2) is 4.39 Å². The Hall–Kier alpha value is -3.03. The standard InChI is InChI=1S/C27H29FN4O2/c1-30-15-21(14-29-30)19-8-9-20(24(28)13-19)16-32-25-7-3-2-6-23(25)27(26(32)33)10-11-31(18-27)22-5-4-12-34-17-22/h2-3,6-9,13-15,22H,4-5,10-12,16-18H2,1H3. The molecule has 0 bridgehead atoms. The van der Waals surface area contributed by atoms with Crippen LogP contribution in [-0.2, 0) is 28.5 Å². The number of ether oxygens (including phenoxy) is 1. The monoisotopic (exact) mass is 460 g/mol. The summed E-state index contributed by atoms with van der Waals surface area (Å²) in [5.41, 5.74) is 3.59. The Bertz CT molecular complexity index is 1230. The molecule has 0 saturated carbocycles. The van der Waals surface area contributed by atoms with E-state index >= 15 is 4.39 Å². The van der Waals surface area contributed by atoms with Crippen LogP contribution < -0.4 is 4.90 Å². The van der Waals surface area contributed by atoms with E-state index in [1.54, 1.807) is 21.8 Å². The quantitative estimate of drug-likeness (QED) is 0.593. The molecule has 2 saturated heterocycles. The van der Waals surface area contributed by atoms with E-state index in [1.165, 1.54) is 6.07 Å². The number of anilines is 1. The van der Waals surface area contributed by atoms with E-state index < -0.39 is 5.41 Å². The van der Waals surface area contributed by atoms with Gasteiger partial charge in [0.2, 0.25) is 5.91 Å². The van der Waals surface area contributed by atoms with Gasteiger partial charge in [0.15, 0.2) is 0 Å². The van der Waals surface area contributed by atoms with E-state index in [1.807, 2.05) is 37.5 Å². The fourth-order valence-corrected chi connectivity index (χ4v) is 5.91. The van der Waals surface area contributed by atoms with Crippen LogP contribution in [-0.4, -0.2) is 52.9 Å². The Morgan fingerprint density at radius 1 is 1.21 bits per heavy atom. The predicted molar refractivity (Wildman–Crippen MR) is 128 cm³/mol. The van der Waals surface area contributed by atoms with Crippen molar-refractivity contribution in [2.45, 2.75) is 37.3 Å². The van der Waals surface area contributed by atoms with Crippen molar-refractivity contribution < 1.29 is 13.9 Å². The number of fused-ring (bicyclic) bond motifs is 2. The summed E-state index contributed by atoms with van der Waals surface area (Å²) < 4.78 is 22.6. The van der Waals surface area contributed by atoms with Crippen molar-refractivity contribution in [3.63, 3.8) is 0 Å². The molecule has 3 aliphatic heterocycles. The second-order valence-corrected chi connectivity index (χ2v) is 9.79. The third kappa shape index (κ3) is 3.46. The van der Waals surface area contributed by atoms with Crippen molar-refractivity contribution in [1.82, 2.24) is 14.7 Å². The fourth-order valence-electron chi connectivity index (χ4n) is 5.91. The summed E-state index contributed by atoms with van der Waals surface area (Å²) in [6, 6.07) is 13.6. The second kappa shape index (κ2) is 8.32. The highest BCUT2D eigenvalue weighted by atomic mass is 19.1. The third-order valence-corrected chi connectivity index (χ3v) is 7.74. The predicted octanol–water partition coefficient (Wildman–Crippen LogP) is 3.90. The number of likely N-dealkylation sites (tertiary alicyclic amines) is 1. The van der Waals surface area contributed by atoms with Crippen LogP contribution in [0, 0.1) is 5.82 Å².